The van der Waals surface area contributed by atoms with Gasteiger partial charge in [-0.3, -0.25) is 4.79 Å². The molecule has 0 saturated heterocycles. The lowest BCUT2D eigenvalue weighted by Gasteiger charge is -2.09. The van der Waals surface area contributed by atoms with E-state index < -0.39 is 0 Å². The second kappa shape index (κ2) is 10.4. The van der Waals surface area contributed by atoms with Crippen LogP contribution in [-0.2, 0) is 4.79 Å². The minimum atomic E-state index is -0.178. The molecular formula is C20H23ClN2O4. The van der Waals surface area contributed by atoms with Crippen LogP contribution in [0.4, 0.5) is 0 Å². The maximum absolute atomic E-state index is 11.8. The van der Waals surface area contributed by atoms with Crippen molar-refractivity contribution < 1.29 is 19.0 Å². The molecule has 0 saturated carbocycles. The Kier molecular flexibility index (Phi) is 7.95. The third kappa shape index (κ3) is 6.49. The number of nitrogens with zero attached hydrogens (tertiary/aromatic N) is 1. The molecule has 0 aliphatic rings. The number of hydrogen-bond donors (Lipinski definition) is 1. The summed E-state index contributed by atoms with van der Waals surface area (Å²) in [6, 6.07) is 10.8. The summed E-state index contributed by atoms with van der Waals surface area (Å²) in [7, 11) is 3.14. The summed E-state index contributed by atoms with van der Waals surface area (Å²) in [5, 5.41) is 4.63. The van der Waals surface area contributed by atoms with E-state index in [2.05, 4.69) is 10.5 Å². The SMILES string of the molecule is COc1ccc(/C=N/NC(=O)CCCOc2ccc(Cl)cc2C)cc1OC. The average molecular weight is 391 g/mol. The van der Waals surface area contributed by atoms with Crippen LogP contribution in [0.3, 0.4) is 0 Å². The third-order valence-corrected chi connectivity index (χ3v) is 3.99. The summed E-state index contributed by atoms with van der Waals surface area (Å²) in [6.45, 7) is 2.37. The molecule has 2 rings (SSSR count). The van der Waals surface area contributed by atoms with Gasteiger partial charge in [-0.05, 0) is 60.9 Å². The lowest BCUT2D eigenvalue weighted by Crippen LogP contribution is -2.18. The van der Waals surface area contributed by atoms with Crippen molar-refractivity contribution in [2.24, 2.45) is 5.10 Å². The van der Waals surface area contributed by atoms with Gasteiger partial charge in [0.2, 0.25) is 5.91 Å². The molecule has 0 spiro atoms. The number of benzene rings is 2. The Balaban J connectivity index is 1.73. The van der Waals surface area contributed by atoms with E-state index in [0.717, 1.165) is 16.9 Å². The highest BCUT2D eigenvalue weighted by atomic mass is 35.5. The third-order valence-electron chi connectivity index (χ3n) is 3.75. The monoisotopic (exact) mass is 390 g/mol. The van der Waals surface area contributed by atoms with Crippen molar-refractivity contribution in [2.45, 2.75) is 19.8 Å². The number of carbonyl (C=O) groups excluding carboxylic acids is 1. The van der Waals surface area contributed by atoms with Gasteiger partial charge in [-0.15, -0.1) is 0 Å². The summed E-state index contributed by atoms with van der Waals surface area (Å²) in [5.74, 6) is 1.83. The van der Waals surface area contributed by atoms with E-state index in [1.54, 1.807) is 38.6 Å². The molecule has 0 heterocycles. The highest BCUT2D eigenvalue weighted by molar-refractivity contribution is 6.30. The van der Waals surface area contributed by atoms with Gasteiger partial charge in [-0.2, -0.15) is 5.10 Å². The van der Waals surface area contributed by atoms with Gasteiger partial charge < -0.3 is 14.2 Å². The number of hydrogen-bond acceptors (Lipinski definition) is 5. The second-order valence-corrected chi connectivity index (χ2v) is 6.21. The molecule has 0 unspecified atom stereocenters. The quantitative estimate of drug-likeness (QED) is 0.399. The molecule has 2 aromatic carbocycles. The van der Waals surface area contributed by atoms with E-state index in [-0.39, 0.29) is 5.91 Å². The van der Waals surface area contributed by atoms with Crippen molar-refractivity contribution in [2.75, 3.05) is 20.8 Å². The number of aryl methyl sites for hydroxylation is 1. The highest BCUT2D eigenvalue weighted by Crippen LogP contribution is 2.26. The predicted molar refractivity (Wildman–Crippen MR) is 106 cm³/mol. The number of rotatable bonds is 9. The van der Waals surface area contributed by atoms with E-state index in [1.807, 2.05) is 25.1 Å². The minimum absolute atomic E-state index is 0.178. The van der Waals surface area contributed by atoms with Gasteiger partial charge in [0, 0.05) is 11.4 Å². The van der Waals surface area contributed by atoms with Crippen molar-refractivity contribution in [1.82, 2.24) is 5.43 Å². The molecule has 27 heavy (non-hydrogen) atoms. The van der Waals surface area contributed by atoms with Crippen LogP contribution >= 0.6 is 11.6 Å². The largest absolute Gasteiger partial charge is 0.493 e. The van der Waals surface area contributed by atoms with Gasteiger partial charge >= 0.3 is 0 Å². The molecule has 0 fully saturated rings. The zero-order valence-electron chi connectivity index (χ0n) is 15.6. The lowest BCUT2D eigenvalue weighted by molar-refractivity contribution is -0.121. The molecule has 1 amide bonds. The van der Waals surface area contributed by atoms with Gasteiger partial charge in [0.05, 0.1) is 27.0 Å². The number of amides is 1. The fourth-order valence-electron chi connectivity index (χ4n) is 2.36. The lowest BCUT2D eigenvalue weighted by atomic mass is 10.2. The molecule has 1 N–H and O–H groups in total. The Morgan fingerprint density at radius 3 is 2.56 bits per heavy atom. The first-order chi connectivity index (χ1) is 13.0. The van der Waals surface area contributed by atoms with E-state index in [1.165, 1.54) is 0 Å². The first-order valence-electron chi connectivity index (χ1n) is 8.46. The van der Waals surface area contributed by atoms with Gasteiger partial charge in [-0.1, -0.05) is 11.6 Å². The van der Waals surface area contributed by atoms with Crippen LogP contribution in [0, 0.1) is 6.92 Å². The molecule has 144 valence electrons. The molecule has 6 nitrogen and oxygen atoms in total. The zero-order valence-corrected chi connectivity index (χ0v) is 16.4. The van der Waals surface area contributed by atoms with Crippen LogP contribution in [0.2, 0.25) is 5.02 Å². The van der Waals surface area contributed by atoms with E-state index >= 15 is 0 Å². The molecule has 0 radical (unpaired) electrons. The Morgan fingerprint density at radius 2 is 1.85 bits per heavy atom. The standard InChI is InChI=1S/C20H23ClN2O4/c1-14-11-16(21)7-9-17(14)27-10-4-5-20(24)23-22-13-15-6-8-18(25-2)19(12-15)26-3/h6-9,11-13H,4-5,10H2,1-3H3,(H,23,24)/b22-13+. The smallest absolute Gasteiger partial charge is 0.240 e. The van der Waals surface area contributed by atoms with Crippen molar-refractivity contribution in [3.05, 3.63) is 52.5 Å². The molecule has 7 heteroatoms. The van der Waals surface area contributed by atoms with Gasteiger partial charge in [0.25, 0.3) is 0 Å². The first-order valence-corrected chi connectivity index (χ1v) is 8.84. The average Bonchev–Trinajstić information content (AvgIpc) is 2.66. The normalized spacial score (nSPS) is 10.7. The Morgan fingerprint density at radius 1 is 1.11 bits per heavy atom. The molecule has 2 aromatic rings. The summed E-state index contributed by atoms with van der Waals surface area (Å²) in [4.78, 5) is 11.8. The number of halogens is 1. The fraction of sp³-hybridized carbons (Fsp3) is 0.300. The zero-order chi connectivity index (χ0) is 19.6. The molecular weight excluding hydrogens is 368 g/mol. The topological polar surface area (TPSA) is 69.2 Å². The van der Waals surface area contributed by atoms with E-state index in [0.29, 0.717) is 36.0 Å². The van der Waals surface area contributed by atoms with Crippen LogP contribution in [0.15, 0.2) is 41.5 Å². The minimum Gasteiger partial charge on any atom is -0.493 e. The Labute approximate surface area is 164 Å². The second-order valence-electron chi connectivity index (χ2n) is 5.77. The number of methoxy groups -OCH3 is 2. The fourth-order valence-corrected chi connectivity index (χ4v) is 2.58. The van der Waals surface area contributed by atoms with Crippen LogP contribution in [0.5, 0.6) is 17.2 Å². The Bertz CT molecular complexity index is 809. The summed E-state index contributed by atoms with van der Waals surface area (Å²) >= 11 is 5.91. The van der Waals surface area contributed by atoms with Crippen molar-refractivity contribution in [1.29, 1.82) is 0 Å². The summed E-state index contributed by atoms with van der Waals surface area (Å²) in [6.07, 6.45) is 2.45. The number of nitrogens with one attached hydrogen (secondary N) is 1. The van der Waals surface area contributed by atoms with Crippen molar-refractivity contribution >= 4 is 23.7 Å². The van der Waals surface area contributed by atoms with Gasteiger partial charge in [0.15, 0.2) is 11.5 Å². The maximum atomic E-state index is 11.8. The van der Waals surface area contributed by atoms with Gasteiger partial charge in [-0.25, -0.2) is 5.43 Å². The number of carbonyl (C=O) groups is 1. The van der Waals surface area contributed by atoms with Crippen LogP contribution in [-0.4, -0.2) is 32.9 Å². The van der Waals surface area contributed by atoms with E-state index in [9.17, 15) is 4.79 Å². The molecule has 0 aliphatic carbocycles. The molecule has 0 aromatic heterocycles. The summed E-state index contributed by atoms with van der Waals surface area (Å²) in [5.41, 5.74) is 4.25. The van der Waals surface area contributed by atoms with Crippen molar-refractivity contribution in [3.8, 4) is 17.2 Å². The summed E-state index contributed by atoms with van der Waals surface area (Å²) < 4.78 is 16.1. The van der Waals surface area contributed by atoms with Crippen LogP contribution < -0.4 is 19.6 Å². The first kappa shape index (κ1) is 20.6. The van der Waals surface area contributed by atoms with Crippen LogP contribution in [0.1, 0.15) is 24.0 Å². The van der Waals surface area contributed by atoms with Crippen LogP contribution in [0.25, 0.3) is 0 Å². The van der Waals surface area contributed by atoms with Crippen molar-refractivity contribution in [3.63, 3.8) is 0 Å². The predicted octanol–water partition coefficient (Wildman–Crippen LogP) is 3.97. The number of hydrazone groups is 1. The molecule has 0 aliphatic heterocycles. The molecule has 0 bridgehead atoms. The highest BCUT2D eigenvalue weighted by Gasteiger charge is 2.04. The van der Waals surface area contributed by atoms with Gasteiger partial charge in [0.1, 0.15) is 5.75 Å². The Hall–Kier alpha value is -2.73. The molecule has 0 atom stereocenters. The number of ether oxygens (including phenoxy) is 3. The maximum Gasteiger partial charge on any atom is 0.240 e. The van der Waals surface area contributed by atoms with E-state index in [4.69, 9.17) is 25.8 Å².